The molecule has 0 unspecified atom stereocenters. The predicted octanol–water partition coefficient (Wildman–Crippen LogP) is 4.42. The molecule has 0 aliphatic heterocycles. The van der Waals surface area contributed by atoms with E-state index < -0.39 is 12.0 Å². The first kappa shape index (κ1) is 15.4. The quantitative estimate of drug-likeness (QED) is 0.827. The molecule has 0 bridgehead atoms. The molecule has 0 aliphatic carbocycles. The molecule has 0 aliphatic rings. The van der Waals surface area contributed by atoms with E-state index in [4.69, 9.17) is 28.5 Å². The topological polar surface area (TPSA) is 61.6 Å². The van der Waals surface area contributed by atoms with Crippen molar-refractivity contribution >= 4 is 34.7 Å². The number of nitrogens with one attached hydrogen (secondary N) is 1. The van der Waals surface area contributed by atoms with Gasteiger partial charge in [-0.15, -0.1) is 0 Å². The number of alkyl halides is 3. The van der Waals surface area contributed by atoms with Crippen LogP contribution in [0.15, 0.2) is 24.3 Å². The zero-order valence-corrected chi connectivity index (χ0v) is 11.6. The molecular formula is C12H5Cl2F3N4. The molecule has 2 rings (SSSR count). The fourth-order valence-corrected chi connectivity index (χ4v) is 1.84. The number of anilines is 2. The number of aromatic nitrogens is 2. The van der Waals surface area contributed by atoms with Crippen LogP contribution >= 0.6 is 23.2 Å². The van der Waals surface area contributed by atoms with Gasteiger partial charge in [0.05, 0.1) is 22.3 Å². The van der Waals surface area contributed by atoms with Crippen molar-refractivity contribution in [2.75, 3.05) is 5.32 Å². The fourth-order valence-electron chi connectivity index (χ4n) is 1.43. The van der Waals surface area contributed by atoms with Gasteiger partial charge in [-0.25, -0.2) is 9.97 Å². The van der Waals surface area contributed by atoms with Crippen molar-refractivity contribution in [1.82, 2.24) is 9.97 Å². The van der Waals surface area contributed by atoms with Gasteiger partial charge in [0.2, 0.25) is 5.82 Å². The zero-order chi connectivity index (χ0) is 15.6. The van der Waals surface area contributed by atoms with Crippen molar-refractivity contribution in [3.8, 4) is 6.07 Å². The summed E-state index contributed by atoms with van der Waals surface area (Å²) < 4.78 is 37.8. The van der Waals surface area contributed by atoms with Gasteiger partial charge in [-0.05, 0) is 18.2 Å². The first-order valence-corrected chi connectivity index (χ1v) is 6.13. The van der Waals surface area contributed by atoms with Crippen LogP contribution in [0.4, 0.5) is 24.7 Å². The Morgan fingerprint density at radius 1 is 1.14 bits per heavy atom. The average Bonchev–Trinajstić information content (AvgIpc) is 2.39. The van der Waals surface area contributed by atoms with E-state index in [1.807, 2.05) is 6.07 Å². The Balaban J connectivity index is 2.36. The third kappa shape index (κ3) is 3.74. The van der Waals surface area contributed by atoms with Crippen molar-refractivity contribution in [2.24, 2.45) is 0 Å². The summed E-state index contributed by atoms with van der Waals surface area (Å²) >= 11 is 11.5. The van der Waals surface area contributed by atoms with Gasteiger partial charge in [0, 0.05) is 6.07 Å². The highest BCUT2D eigenvalue weighted by Gasteiger charge is 2.35. The van der Waals surface area contributed by atoms with Crippen LogP contribution in [0.1, 0.15) is 11.4 Å². The highest BCUT2D eigenvalue weighted by molar-refractivity contribution is 6.33. The third-order valence-electron chi connectivity index (χ3n) is 2.31. The summed E-state index contributed by atoms with van der Waals surface area (Å²) in [6.07, 6.45) is -4.71. The van der Waals surface area contributed by atoms with E-state index in [1.165, 1.54) is 18.2 Å². The molecule has 1 aromatic heterocycles. The Morgan fingerprint density at radius 3 is 2.43 bits per heavy atom. The molecule has 108 valence electrons. The standard InChI is InChI=1S/C12H5Cl2F3N4/c13-7-3-6(5-18)1-2-8(7)19-10-4-9(14)20-11(21-10)12(15,16)17/h1-4H,(H,19,20,21). The van der Waals surface area contributed by atoms with E-state index >= 15 is 0 Å². The summed E-state index contributed by atoms with van der Waals surface area (Å²) in [6.45, 7) is 0. The molecule has 1 N–H and O–H groups in total. The monoisotopic (exact) mass is 332 g/mol. The highest BCUT2D eigenvalue weighted by atomic mass is 35.5. The minimum atomic E-state index is -4.71. The number of hydrogen-bond acceptors (Lipinski definition) is 4. The van der Waals surface area contributed by atoms with Gasteiger partial charge < -0.3 is 5.32 Å². The molecule has 0 saturated carbocycles. The molecule has 0 spiro atoms. The molecule has 1 heterocycles. The Bertz CT molecular complexity index is 725. The van der Waals surface area contributed by atoms with Crippen LogP contribution in [0.25, 0.3) is 0 Å². The zero-order valence-electron chi connectivity index (χ0n) is 10.0. The molecule has 0 radical (unpaired) electrons. The molecule has 0 amide bonds. The SMILES string of the molecule is N#Cc1ccc(Nc2cc(Cl)nc(C(F)(F)F)n2)c(Cl)c1. The maximum Gasteiger partial charge on any atom is 0.451 e. The largest absolute Gasteiger partial charge is 0.451 e. The van der Waals surface area contributed by atoms with E-state index in [1.54, 1.807) is 0 Å². The van der Waals surface area contributed by atoms with Crippen molar-refractivity contribution in [3.05, 3.63) is 45.8 Å². The molecule has 21 heavy (non-hydrogen) atoms. The lowest BCUT2D eigenvalue weighted by atomic mass is 10.2. The first-order chi connectivity index (χ1) is 9.79. The summed E-state index contributed by atoms with van der Waals surface area (Å²) in [4.78, 5) is 6.44. The van der Waals surface area contributed by atoms with Crippen LogP contribution < -0.4 is 5.32 Å². The van der Waals surface area contributed by atoms with Crippen LogP contribution in [0.2, 0.25) is 10.2 Å². The summed E-state index contributed by atoms with van der Waals surface area (Å²) in [7, 11) is 0. The van der Waals surface area contributed by atoms with Crippen LogP contribution in [0.3, 0.4) is 0 Å². The smallest absolute Gasteiger partial charge is 0.339 e. The van der Waals surface area contributed by atoms with Crippen molar-refractivity contribution in [1.29, 1.82) is 5.26 Å². The maximum absolute atomic E-state index is 12.6. The van der Waals surface area contributed by atoms with E-state index in [2.05, 4.69) is 15.3 Å². The van der Waals surface area contributed by atoms with Gasteiger partial charge >= 0.3 is 6.18 Å². The molecule has 0 saturated heterocycles. The molecule has 0 fully saturated rings. The van der Waals surface area contributed by atoms with E-state index in [-0.39, 0.29) is 16.0 Å². The third-order valence-corrected chi connectivity index (χ3v) is 2.82. The van der Waals surface area contributed by atoms with Gasteiger partial charge in [0.15, 0.2) is 0 Å². The molecule has 4 nitrogen and oxygen atoms in total. The van der Waals surface area contributed by atoms with Gasteiger partial charge in [-0.2, -0.15) is 18.4 Å². The van der Waals surface area contributed by atoms with Gasteiger partial charge in [0.1, 0.15) is 11.0 Å². The number of hydrogen-bond donors (Lipinski definition) is 1. The molecule has 1 aromatic carbocycles. The number of halogens is 5. The number of rotatable bonds is 2. The second kappa shape index (κ2) is 5.76. The summed E-state index contributed by atoms with van der Waals surface area (Å²) in [5.41, 5.74) is 0.612. The lowest BCUT2D eigenvalue weighted by molar-refractivity contribution is -0.144. The van der Waals surface area contributed by atoms with E-state index in [0.717, 1.165) is 6.07 Å². The molecule has 0 atom stereocenters. The van der Waals surface area contributed by atoms with Crippen molar-refractivity contribution in [3.63, 3.8) is 0 Å². The molecule has 9 heteroatoms. The first-order valence-electron chi connectivity index (χ1n) is 5.38. The van der Waals surface area contributed by atoms with Gasteiger partial charge in [-0.3, -0.25) is 0 Å². The fraction of sp³-hybridized carbons (Fsp3) is 0.0833. The van der Waals surface area contributed by atoms with Gasteiger partial charge in [0.25, 0.3) is 0 Å². The maximum atomic E-state index is 12.6. The van der Waals surface area contributed by atoms with Crippen LogP contribution in [-0.2, 0) is 6.18 Å². The van der Waals surface area contributed by atoms with Crippen LogP contribution in [0, 0.1) is 11.3 Å². The summed E-state index contributed by atoms with van der Waals surface area (Å²) in [6, 6.07) is 7.30. The predicted molar refractivity (Wildman–Crippen MR) is 71.5 cm³/mol. The van der Waals surface area contributed by atoms with Crippen LogP contribution in [0.5, 0.6) is 0 Å². The van der Waals surface area contributed by atoms with Crippen molar-refractivity contribution < 1.29 is 13.2 Å². The van der Waals surface area contributed by atoms with Crippen molar-refractivity contribution in [2.45, 2.75) is 6.18 Å². The Kier molecular flexibility index (Phi) is 4.21. The van der Waals surface area contributed by atoms with Crippen LogP contribution in [-0.4, -0.2) is 9.97 Å². The lowest BCUT2D eigenvalue weighted by Crippen LogP contribution is -2.12. The Morgan fingerprint density at radius 2 is 1.86 bits per heavy atom. The van der Waals surface area contributed by atoms with E-state index in [0.29, 0.717) is 11.3 Å². The molecular weight excluding hydrogens is 328 g/mol. The average molecular weight is 333 g/mol. The second-order valence-corrected chi connectivity index (χ2v) is 4.62. The minimum Gasteiger partial charge on any atom is -0.339 e. The number of nitriles is 1. The van der Waals surface area contributed by atoms with E-state index in [9.17, 15) is 13.2 Å². The number of nitrogens with zero attached hydrogens (tertiary/aromatic N) is 3. The second-order valence-electron chi connectivity index (χ2n) is 3.83. The lowest BCUT2D eigenvalue weighted by Gasteiger charge is -2.10. The summed E-state index contributed by atoms with van der Waals surface area (Å²) in [5, 5.41) is 11.1. The summed E-state index contributed by atoms with van der Waals surface area (Å²) in [5.74, 6) is -1.52. The highest BCUT2D eigenvalue weighted by Crippen LogP contribution is 2.30. The minimum absolute atomic E-state index is 0.158. The van der Waals surface area contributed by atoms with Gasteiger partial charge in [-0.1, -0.05) is 23.2 Å². The normalized spacial score (nSPS) is 11.0. The Labute approximate surface area is 127 Å². The molecule has 2 aromatic rings. The Hall–Kier alpha value is -2.04. The number of benzene rings is 1.